The zero-order valence-corrected chi connectivity index (χ0v) is 15.1. The van der Waals surface area contributed by atoms with Gasteiger partial charge in [-0.1, -0.05) is 0 Å². The van der Waals surface area contributed by atoms with Crippen molar-refractivity contribution in [2.45, 2.75) is 26.1 Å². The first kappa shape index (κ1) is 18.7. The summed E-state index contributed by atoms with van der Waals surface area (Å²) in [4.78, 5) is 10.1. The topological polar surface area (TPSA) is 40.5 Å². The minimum Gasteiger partial charge on any atom is -0.357 e. The van der Waals surface area contributed by atoms with E-state index in [0.717, 1.165) is 35.8 Å². The van der Waals surface area contributed by atoms with Gasteiger partial charge in [-0.2, -0.15) is 24.5 Å². The van der Waals surface area contributed by atoms with Gasteiger partial charge in [0.25, 0.3) is 0 Å². The van der Waals surface area contributed by atoms with Crippen molar-refractivity contribution in [1.29, 1.82) is 0 Å². The summed E-state index contributed by atoms with van der Waals surface area (Å²) in [7, 11) is 1.93. The Bertz CT molecular complexity index is 650. The Labute approximate surface area is 147 Å². The van der Waals surface area contributed by atoms with Crippen LogP contribution in [-0.4, -0.2) is 36.0 Å². The number of thiazole rings is 1. The molecule has 0 amide bonds. The van der Waals surface area contributed by atoms with Crippen molar-refractivity contribution < 1.29 is 13.2 Å². The van der Waals surface area contributed by atoms with Crippen LogP contribution in [0.15, 0.2) is 27.2 Å². The Morgan fingerprint density at radius 2 is 2.17 bits per heavy atom. The molecule has 2 aromatic heterocycles. The van der Waals surface area contributed by atoms with Crippen LogP contribution in [-0.2, 0) is 19.1 Å². The zero-order chi connectivity index (χ0) is 17.6. The highest BCUT2D eigenvalue weighted by Gasteiger charge is 2.33. The molecule has 0 bridgehead atoms. The van der Waals surface area contributed by atoms with Gasteiger partial charge in [-0.3, -0.25) is 4.99 Å². The van der Waals surface area contributed by atoms with Crippen molar-refractivity contribution in [2.24, 2.45) is 4.99 Å². The van der Waals surface area contributed by atoms with E-state index in [1.165, 1.54) is 5.56 Å². The van der Waals surface area contributed by atoms with E-state index < -0.39 is 11.9 Å². The molecule has 24 heavy (non-hydrogen) atoms. The molecule has 0 saturated carbocycles. The molecule has 4 nitrogen and oxygen atoms in total. The molecule has 2 heterocycles. The quantitative estimate of drug-likeness (QED) is 0.615. The second-order valence-electron chi connectivity index (χ2n) is 5.10. The third-order valence-corrected chi connectivity index (χ3v) is 4.77. The lowest BCUT2D eigenvalue weighted by Crippen LogP contribution is -2.38. The normalized spacial score (nSPS) is 12.5. The van der Waals surface area contributed by atoms with Crippen LogP contribution in [0.5, 0.6) is 0 Å². The predicted molar refractivity (Wildman–Crippen MR) is 92.6 cm³/mol. The number of hydrogen-bond donors (Lipinski definition) is 1. The van der Waals surface area contributed by atoms with Crippen LogP contribution in [0.4, 0.5) is 13.2 Å². The van der Waals surface area contributed by atoms with Crippen molar-refractivity contribution in [3.8, 4) is 0 Å². The summed E-state index contributed by atoms with van der Waals surface area (Å²) < 4.78 is 37.6. The largest absolute Gasteiger partial charge is 0.434 e. The molecule has 0 atom stereocenters. The van der Waals surface area contributed by atoms with Gasteiger partial charge in [0.15, 0.2) is 11.7 Å². The maximum absolute atomic E-state index is 12.5. The minimum atomic E-state index is -4.38. The Balaban J connectivity index is 1.94. The molecular formula is C15H19F3N4S2. The molecule has 2 aromatic rings. The van der Waals surface area contributed by atoms with Crippen LogP contribution in [0, 0.1) is 0 Å². The summed E-state index contributed by atoms with van der Waals surface area (Å²) in [5.41, 5.74) is 0.371. The Kier molecular flexibility index (Phi) is 6.61. The fourth-order valence-corrected chi connectivity index (χ4v) is 3.47. The third-order valence-electron chi connectivity index (χ3n) is 3.13. The van der Waals surface area contributed by atoms with E-state index in [4.69, 9.17) is 0 Å². The molecule has 0 aliphatic rings. The van der Waals surface area contributed by atoms with Crippen molar-refractivity contribution in [2.75, 3.05) is 20.1 Å². The SMILES string of the molecule is CCNC(=NCCc1nc(C(F)(F)F)cs1)N(C)Cc1ccsc1. The molecule has 9 heteroatoms. The van der Waals surface area contributed by atoms with Gasteiger partial charge in [0, 0.05) is 38.5 Å². The second kappa shape index (κ2) is 8.48. The average Bonchev–Trinajstić information content (AvgIpc) is 3.17. The predicted octanol–water partition coefficient (Wildman–Crippen LogP) is 3.86. The highest BCUT2D eigenvalue weighted by atomic mass is 32.1. The van der Waals surface area contributed by atoms with Gasteiger partial charge in [-0.15, -0.1) is 11.3 Å². The van der Waals surface area contributed by atoms with Crippen molar-refractivity contribution in [3.63, 3.8) is 0 Å². The van der Waals surface area contributed by atoms with Crippen LogP contribution < -0.4 is 5.32 Å². The van der Waals surface area contributed by atoms with Crippen molar-refractivity contribution in [1.82, 2.24) is 15.2 Å². The lowest BCUT2D eigenvalue weighted by atomic mass is 10.3. The number of nitrogens with zero attached hydrogens (tertiary/aromatic N) is 3. The smallest absolute Gasteiger partial charge is 0.357 e. The van der Waals surface area contributed by atoms with Crippen LogP contribution >= 0.6 is 22.7 Å². The van der Waals surface area contributed by atoms with Crippen molar-refractivity contribution in [3.05, 3.63) is 38.5 Å². The summed E-state index contributed by atoms with van der Waals surface area (Å²) in [6.45, 7) is 3.82. The molecular weight excluding hydrogens is 357 g/mol. The molecule has 132 valence electrons. The van der Waals surface area contributed by atoms with Gasteiger partial charge >= 0.3 is 6.18 Å². The van der Waals surface area contributed by atoms with E-state index in [1.807, 2.05) is 24.3 Å². The highest BCUT2D eigenvalue weighted by molar-refractivity contribution is 7.09. The molecule has 1 N–H and O–H groups in total. The number of hydrogen-bond acceptors (Lipinski definition) is 4. The van der Waals surface area contributed by atoms with E-state index in [-0.39, 0.29) is 0 Å². The van der Waals surface area contributed by atoms with E-state index >= 15 is 0 Å². The number of thiophene rings is 1. The number of rotatable bonds is 6. The minimum absolute atomic E-state index is 0.390. The molecule has 0 fully saturated rings. The first-order valence-electron chi connectivity index (χ1n) is 7.42. The third kappa shape index (κ3) is 5.48. The number of nitrogens with one attached hydrogen (secondary N) is 1. The van der Waals surface area contributed by atoms with E-state index in [1.54, 1.807) is 11.3 Å². The van der Waals surface area contributed by atoms with Crippen LogP contribution in [0.1, 0.15) is 23.2 Å². The Morgan fingerprint density at radius 1 is 1.38 bits per heavy atom. The highest BCUT2D eigenvalue weighted by Crippen LogP contribution is 2.30. The molecule has 0 saturated heterocycles. The number of halogens is 3. The van der Waals surface area contributed by atoms with E-state index in [0.29, 0.717) is 18.0 Å². The first-order valence-corrected chi connectivity index (χ1v) is 9.24. The summed E-state index contributed by atoms with van der Waals surface area (Å²) in [5, 5.41) is 8.79. The first-order chi connectivity index (χ1) is 11.4. The van der Waals surface area contributed by atoms with Gasteiger partial charge in [-0.05, 0) is 29.3 Å². The van der Waals surface area contributed by atoms with Gasteiger partial charge in [-0.25, -0.2) is 4.98 Å². The lowest BCUT2D eigenvalue weighted by molar-refractivity contribution is -0.140. The number of alkyl halides is 3. The van der Waals surface area contributed by atoms with Crippen LogP contribution in [0.3, 0.4) is 0 Å². The summed E-state index contributed by atoms with van der Waals surface area (Å²) in [6, 6.07) is 2.05. The molecule has 0 aliphatic carbocycles. The molecule has 0 aromatic carbocycles. The Hall–Kier alpha value is -1.61. The lowest BCUT2D eigenvalue weighted by Gasteiger charge is -2.21. The van der Waals surface area contributed by atoms with E-state index in [2.05, 4.69) is 26.7 Å². The monoisotopic (exact) mass is 376 g/mol. The van der Waals surface area contributed by atoms with Gasteiger partial charge in [0.2, 0.25) is 0 Å². The molecule has 0 radical (unpaired) electrons. The maximum Gasteiger partial charge on any atom is 0.434 e. The molecule has 2 rings (SSSR count). The van der Waals surface area contributed by atoms with Crippen molar-refractivity contribution >= 4 is 28.6 Å². The fraction of sp³-hybridized carbons (Fsp3) is 0.467. The maximum atomic E-state index is 12.5. The Morgan fingerprint density at radius 3 is 2.75 bits per heavy atom. The van der Waals surface area contributed by atoms with Gasteiger partial charge in [0.1, 0.15) is 0 Å². The summed E-state index contributed by atoms with van der Waals surface area (Å²) in [5.74, 6) is 0.733. The second-order valence-corrected chi connectivity index (χ2v) is 6.82. The summed E-state index contributed by atoms with van der Waals surface area (Å²) in [6.07, 6.45) is -3.99. The summed E-state index contributed by atoms with van der Waals surface area (Å²) >= 11 is 2.66. The van der Waals surface area contributed by atoms with Crippen LogP contribution in [0.25, 0.3) is 0 Å². The van der Waals surface area contributed by atoms with Gasteiger partial charge < -0.3 is 10.2 Å². The standard InChI is InChI=1S/C15H19F3N4S2/c1-3-19-14(22(2)8-11-5-7-23-9-11)20-6-4-13-21-12(10-24-13)15(16,17)18/h5,7,9-10H,3-4,6,8H2,1-2H3,(H,19,20). The fourth-order valence-electron chi connectivity index (χ4n) is 2.01. The average molecular weight is 376 g/mol. The van der Waals surface area contributed by atoms with Gasteiger partial charge in [0.05, 0.1) is 5.01 Å². The molecule has 0 aliphatic heterocycles. The molecule has 0 spiro atoms. The molecule has 0 unspecified atom stereocenters. The number of aromatic nitrogens is 1. The van der Waals surface area contributed by atoms with E-state index in [9.17, 15) is 13.2 Å². The number of guanidine groups is 1. The zero-order valence-electron chi connectivity index (χ0n) is 13.4. The number of aliphatic imine (C=N–C) groups is 1. The van der Waals surface area contributed by atoms with Crippen LogP contribution in [0.2, 0.25) is 0 Å².